The van der Waals surface area contributed by atoms with Gasteiger partial charge in [0, 0.05) is 43.2 Å². The molecule has 2 heterocycles. The van der Waals surface area contributed by atoms with Crippen molar-refractivity contribution in [2.24, 2.45) is 11.8 Å². The summed E-state index contributed by atoms with van der Waals surface area (Å²) in [6, 6.07) is 9.59. The predicted octanol–water partition coefficient (Wildman–Crippen LogP) is 2.12. The molecule has 4 rings (SSSR count). The molecule has 1 amide bonds. The SMILES string of the molecule is C[C@H](CO)N1C[C@H](C)[C@@H](CN(C)C(=O)C2CC2)Oc2cc(C#Cc3ccccn3)ccc2S1(=O)=O. The van der Waals surface area contributed by atoms with E-state index in [2.05, 4.69) is 16.8 Å². The van der Waals surface area contributed by atoms with Gasteiger partial charge < -0.3 is 14.7 Å². The molecule has 1 N–H and O–H groups in total. The normalized spacial score (nSPS) is 22.4. The van der Waals surface area contributed by atoms with Crippen molar-refractivity contribution in [1.82, 2.24) is 14.2 Å². The van der Waals surface area contributed by atoms with Gasteiger partial charge in [-0.25, -0.2) is 13.4 Å². The summed E-state index contributed by atoms with van der Waals surface area (Å²) in [7, 11) is -2.18. The molecule has 9 heteroatoms. The summed E-state index contributed by atoms with van der Waals surface area (Å²) in [5, 5.41) is 9.78. The van der Waals surface area contributed by atoms with Crippen molar-refractivity contribution < 1.29 is 23.1 Å². The molecular formula is C26H31N3O5S. The number of aromatic nitrogens is 1. The maximum absolute atomic E-state index is 13.6. The summed E-state index contributed by atoms with van der Waals surface area (Å²) >= 11 is 0. The molecule has 2 aliphatic rings. The van der Waals surface area contributed by atoms with E-state index in [0.29, 0.717) is 17.8 Å². The highest BCUT2D eigenvalue weighted by molar-refractivity contribution is 7.89. The molecule has 0 unspecified atom stereocenters. The van der Waals surface area contributed by atoms with Gasteiger partial charge in [-0.2, -0.15) is 4.31 Å². The number of hydrogen-bond donors (Lipinski definition) is 1. The van der Waals surface area contributed by atoms with E-state index in [1.165, 1.54) is 10.4 Å². The van der Waals surface area contributed by atoms with Crippen molar-refractivity contribution in [3.8, 4) is 17.6 Å². The number of aliphatic hydroxyl groups excluding tert-OH is 1. The topological polar surface area (TPSA) is 100 Å². The minimum absolute atomic E-state index is 0.0225. The fraction of sp³-hybridized carbons (Fsp3) is 0.462. The number of benzene rings is 1. The maximum atomic E-state index is 13.6. The van der Waals surface area contributed by atoms with Crippen LogP contribution in [0.25, 0.3) is 0 Å². The number of pyridine rings is 1. The van der Waals surface area contributed by atoms with Gasteiger partial charge in [0.05, 0.1) is 13.2 Å². The quantitative estimate of drug-likeness (QED) is 0.636. The number of hydrogen-bond acceptors (Lipinski definition) is 6. The van der Waals surface area contributed by atoms with Crippen molar-refractivity contribution in [2.45, 2.75) is 43.7 Å². The first-order chi connectivity index (χ1) is 16.7. The number of fused-ring (bicyclic) bond motifs is 1. The van der Waals surface area contributed by atoms with Gasteiger partial charge >= 0.3 is 0 Å². The van der Waals surface area contributed by atoms with Crippen LogP contribution < -0.4 is 4.74 Å². The first-order valence-corrected chi connectivity index (χ1v) is 13.3. The van der Waals surface area contributed by atoms with Crippen LogP contribution in [0.4, 0.5) is 0 Å². The third-order valence-corrected chi connectivity index (χ3v) is 8.44. The zero-order chi connectivity index (χ0) is 25.2. The standard InChI is InChI=1S/C26H31N3O5S/c1-18-15-29(19(2)17-30)35(32,33)25-12-8-20(7-11-22-6-4-5-13-27-22)14-23(25)34-24(18)16-28(3)26(31)21-9-10-21/h4-6,8,12-14,18-19,21,24,30H,9-10,15-17H2,1-3H3/t18-,19+,24+/m0/s1. The zero-order valence-electron chi connectivity index (χ0n) is 20.2. The molecule has 0 saturated heterocycles. The van der Waals surface area contributed by atoms with Gasteiger partial charge in [0.1, 0.15) is 22.4 Å². The Morgan fingerprint density at radius 2 is 2.06 bits per heavy atom. The number of amides is 1. The van der Waals surface area contributed by atoms with E-state index in [4.69, 9.17) is 4.74 Å². The van der Waals surface area contributed by atoms with Crippen LogP contribution in [-0.4, -0.2) is 72.5 Å². The first-order valence-electron chi connectivity index (χ1n) is 11.8. The van der Waals surface area contributed by atoms with Gasteiger partial charge in [-0.15, -0.1) is 0 Å². The zero-order valence-corrected chi connectivity index (χ0v) is 21.0. The molecule has 2 aromatic rings. The Kier molecular flexibility index (Phi) is 7.45. The molecule has 8 nitrogen and oxygen atoms in total. The lowest BCUT2D eigenvalue weighted by atomic mass is 10.0. The van der Waals surface area contributed by atoms with E-state index < -0.39 is 22.2 Å². The maximum Gasteiger partial charge on any atom is 0.247 e. The Labute approximate surface area is 207 Å². The monoisotopic (exact) mass is 497 g/mol. The number of nitrogens with zero attached hydrogens (tertiary/aromatic N) is 3. The van der Waals surface area contributed by atoms with Crippen LogP contribution in [0, 0.1) is 23.7 Å². The lowest BCUT2D eigenvalue weighted by Gasteiger charge is -2.37. The number of carbonyl (C=O) groups is 1. The average Bonchev–Trinajstić information content (AvgIpc) is 3.70. The van der Waals surface area contributed by atoms with E-state index in [0.717, 1.165) is 12.8 Å². The molecule has 0 spiro atoms. The summed E-state index contributed by atoms with van der Waals surface area (Å²) in [6.07, 6.45) is 3.03. The number of sulfonamides is 1. The summed E-state index contributed by atoms with van der Waals surface area (Å²) < 4.78 is 34.8. The van der Waals surface area contributed by atoms with Crippen molar-refractivity contribution in [3.63, 3.8) is 0 Å². The number of rotatable bonds is 5. The Bertz CT molecular complexity index is 1230. The average molecular weight is 498 g/mol. The largest absolute Gasteiger partial charge is 0.487 e. The Morgan fingerprint density at radius 1 is 1.29 bits per heavy atom. The van der Waals surface area contributed by atoms with Gasteiger partial charge in [-0.05, 0) is 56.0 Å². The van der Waals surface area contributed by atoms with Gasteiger partial charge in [0.15, 0.2) is 0 Å². The summed E-state index contributed by atoms with van der Waals surface area (Å²) in [5.74, 6) is 6.13. The molecule has 1 aliphatic heterocycles. The van der Waals surface area contributed by atoms with E-state index in [9.17, 15) is 18.3 Å². The highest BCUT2D eigenvalue weighted by Crippen LogP contribution is 2.35. The van der Waals surface area contributed by atoms with Crippen molar-refractivity contribution >= 4 is 15.9 Å². The first kappa shape index (κ1) is 25.2. The molecule has 1 fully saturated rings. The second-order valence-corrected chi connectivity index (χ2v) is 11.2. The van der Waals surface area contributed by atoms with Crippen molar-refractivity contribution in [2.75, 3.05) is 26.7 Å². The fourth-order valence-electron chi connectivity index (χ4n) is 4.10. The molecule has 1 aromatic carbocycles. The van der Waals surface area contributed by atoms with Crippen LogP contribution >= 0.6 is 0 Å². The Morgan fingerprint density at radius 3 is 2.71 bits per heavy atom. The summed E-state index contributed by atoms with van der Waals surface area (Å²) in [5.41, 5.74) is 1.18. The highest BCUT2D eigenvalue weighted by atomic mass is 32.2. The van der Waals surface area contributed by atoms with E-state index in [1.807, 2.05) is 13.0 Å². The minimum atomic E-state index is -3.94. The van der Waals surface area contributed by atoms with Crippen LogP contribution in [0.5, 0.6) is 5.75 Å². The lowest BCUT2D eigenvalue weighted by Crippen LogP contribution is -2.50. The molecule has 0 bridgehead atoms. The molecule has 1 saturated carbocycles. The predicted molar refractivity (Wildman–Crippen MR) is 131 cm³/mol. The number of carbonyl (C=O) groups excluding carboxylic acids is 1. The van der Waals surface area contributed by atoms with Crippen LogP contribution in [0.1, 0.15) is 37.9 Å². The van der Waals surface area contributed by atoms with Crippen LogP contribution in [-0.2, 0) is 14.8 Å². The smallest absolute Gasteiger partial charge is 0.247 e. The Hall–Kier alpha value is -2.93. The van der Waals surface area contributed by atoms with Crippen LogP contribution in [0.15, 0.2) is 47.5 Å². The van der Waals surface area contributed by atoms with Gasteiger partial charge in [-0.3, -0.25) is 4.79 Å². The van der Waals surface area contributed by atoms with Crippen LogP contribution in [0.3, 0.4) is 0 Å². The van der Waals surface area contributed by atoms with Crippen molar-refractivity contribution in [3.05, 3.63) is 53.9 Å². The van der Waals surface area contributed by atoms with Crippen LogP contribution in [0.2, 0.25) is 0 Å². The second-order valence-electron chi connectivity index (χ2n) is 9.36. The molecule has 1 aliphatic carbocycles. The number of ether oxygens (including phenoxy) is 1. The van der Waals surface area contributed by atoms with Crippen molar-refractivity contribution in [1.29, 1.82) is 0 Å². The molecule has 1 aromatic heterocycles. The molecular weight excluding hydrogens is 466 g/mol. The number of aliphatic hydroxyl groups is 1. The fourth-order valence-corrected chi connectivity index (χ4v) is 5.92. The highest BCUT2D eigenvalue weighted by Gasteiger charge is 2.39. The lowest BCUT2D eigenvalue weighted by molar-refractivity contribution is -0.132. The minimum Gasteiger partial charge on any atom is -0.487 e. The van der Waals surface area contributed by atoms with E-state index in [-0.39, 0.29) is 41.5 Å². The third-order valence-electron chi connectivity index (χ3n) is 6.42. The van der Waals surface area contributed by atoms with Gasteiger partial charge in [0.2, 0.25) is 15.9 Å². The Balaban J connectivity index is 1.72. The second kappa shape index (κ2) is 10.4. The van der Waals surface area contributed by atoms with E-state index >= 15 is 0 Å². The summed E-state index contributed by atoms with van der Waals surface area (Å²) in [4.78, 5) is 18.5. The molecule has 3 atom stereocenters. The summed E-state index contributed by atoms with van der Waals surface area (Å²) in [6.45, 7) is 3.78. The molecule has 186 valence electrons. The van der Waals surface area contributed by atoms with E-state index in [1.54, 1.807) is 49.3 Å². The van der Waals surface area contributed by atoms with Gasteiger partial charge in [-0.1, -0.05) is 18.9 Å². The third kappa shape index (κ3) is 5.67. The van der Waals surface area contributed by atoms with Gasteiger partial charge in [0.25, 0.3) is 0 Å². The molecule has 0 radical (unpaired) electrons. The number of likely N-dealkylation sites (N-methyl/N-ethyl adjacent to an activating group) is 1. The molecule has 35 heavy (non-hydrogen) atoms.